The first-order valence-corrected chi connectivity index (χ1v) is 9.05. The molecule has 0 aromatic carbocycles. The molecule has 0 saturated carbocycles. The topological polar surface area (TPSA) is 45.7 Å². The Kier molecular flexibility index (Phi) is 5.21. The van der Waals surface area contributed by atoms with Crippen LogP contribution in [0.4, 0.5) is 0 Å². The largest absolute Gasteiger partial charge is 0.370 e. The lowest BCUT2D eigenvalue weighted by molar-refractivity contribution is -0.160. The number of likely N-dealkylation sites (tertiary alicyclic amines) is 1. The van der Waals surface area contributed by atoms with Crippen molar-refractivity contribution >= 4 is 5.91 Å². The predicted molar refractivity (Wildman–Crippen MR) is 93.6 cm³/mol. The number of hydrogen-bond donors (Lipinski definition) is 0. The van der Waals surface area contributed by atoms with Gasteiger partial charge >= 0.3 is 0 Å². The third kappa shape index (κ3) is 3.95. The van der Waals surface area contributed by atoms with Crippen LogP contribution in [0, 0.1) is 12.8 Å². The van der Waals surface area contributed by atoms with Crippen LogP contribution in [0.3, 0.4) is 0 Å². The van der Waals surface area contributed by atoms with Crippen LogP contribution in [-0.2, 0) is 16.1 Å². The van der Waals surface area contributed by atoms with E-state index < -0.39 is 0 Å². The van der Waals surface area contributed by atoms with E-state index in [-0.39, 0.29) is 17.4 Å². The second-order valence-corrected chi connectivity index (χ2v) is 7.53. The number of rotatable bonds is 3. The SMILES string of the molecule is Cc1cccc(CN2CCO[C@]3(CCCN(C(=O)C(C)C)C3)C2)n1. The summed E-state index contributed by atoms with van der Waals surface area (Å²) in [5.41, 5.74) is 1.96. The van der Waals surface area contributed by atoms with E-state index in [9.17, 15) is 4.79 Å². The average Bonchev–Trinajstić information content (AvgIpc) is 2.54. The molecule has 5 nitrogen and oxygen atoms in total. The number of nitrogens with zero attached hydrogens (tertiary/aromatic N) is 3. The van der Waals surface area contributed by atoms with E-state index in [0.29, 0.717) is 0 Å². The Morgan fingerprint density at radius 3 is 2.92 bits per heavy atom. The Hall–Kier alpha value is -1.46. The first-order chi connectivity index (χ1) is 11.5. The Morgan fingerprint density at radius 1 is 1.33 bits per heavy atom. The summed E-state index contributed by atoms with van der Waals surface area (Å²) in [5, 5.41) is 0. The third-order valence-corrected chi connectivity index (χ3v) is 5.00. The van der Waals surface area contributed by atoms with Crippen molar-refractivity contribution in [2.24, 2.45) is 5.92 Å². The van der Waals surface area contributed by atoms with Gasteiger partial charge in [-0.15, -0.1) is 0 Å². The molecule has 2 aliphatic rings. The van der Waals surface area contributed by atoms with Crippen LogP contribution in [0.15, 0.2) is 18.2 Å². The number of carbonyl (C=O) groups is 1. The van der Waals surface area contributed by atoms with Crippen LogP contribution in [0.2, 0.25) is 0 Å². The summed E-state index contributed by atoms with van der Waals surface area (Å²) >= 11 is 0. The highest BCUT2D eigenvalue weighted by Gasteiger charge is 2.42. The second-order valence-electron chi connectivity index (χ2n) is 7.53. The van der Waals surface area contributed by atoms with Gasteiger partial charge in [-0.25, -0.2) is 0 Å². The second kappa shape index (κ2) is 7.19. The van der Waals surface area contributed by atoms with E-state index in [1.165, 1.54) is 0 Å². The van der Waals surface area contributed by atoms with Gasteiger partial charge in [-0.3, -0.25) is 14.7 Å². The summed E-state index contributed by atoms with van der Waals surface area (Å²) in [4.78, 5) is 21.4. The molecule has 1 aromatic heterocycles. The standard InChI is InChI=1S/C19H29N3O2/c1-15(2)18(23)22-9-5-8-19(14-22)13-21(10-11-24-19)12-17-7-4-6-16(3)20-17/h4,6-7,15H,5,8-14H2,1-3H3/t19-/m1/s1. The maximum Gasteiger partial charge on any atom is 0.225 e. The molecule has 0 aliphatic carbocycles. The molecule has 3 heterocycles. The quantitative estimate of drug-likeness (QED) is 0.852. The molecule has 1 amide bonds. The molecular formula is C19H29N3O2. The summed E-state index contributed by atoms with van der Waals surface area (Å²) in [6, 6.07) is 6.18. The maximum absolute atomic E-state index is 12.4. The molecule has 0 N–H and O–H groups in total. The zero-order valence-electron chi connectivity index (χ0n) is 15.1. The number of morpholine rings is 1. The zero-order valence-corrected chi connectivity index (χ0v) is 15.1. The van der Waals surface area contributed by atoms with Gasteiger partial charge in [0.1, 0.15) is 0 Å². The fourth-order valence-electron chi connectivity index (χ4n) is 3.87. The lowest BCUT2D eigenvalue weighted by Gasteiger charge is -2.48. The highest BCUT2D eigenvalue weighted by Crippen LogP contribution is 2.30. The molecule has 3 rings (SSSR count). The minimum absolute atomic E-state index is 0.0522. The van der Waals surface area contributed by atoms with E-state index >= 15 is 0 Å². The van der Waals surface area contributed by atoms with Crippen molar-refractivity contribution < 1.29 is 9.53 Å². The van der Waals surface area contributed by atoms with Gasteiger partial charge < -0.3 is 9.64 Å². The van der Waals surface area contributed by atoms with Crippen LogP contribution in [0.5, 0.6) is 0 Å². The van der Waals surface area contributed by atoms with Crippen LogP contribution in [0.1, 0.15) is 38.1 Å². The maximum atomic E-state index is 12.4. The highest BCUT2D eigenvalue weighted by molar-refractivity contribution is 5.78. The number of hydrogen-bond acceptors (Lipinski definition) is 4. The van der Waals surface area contributed by atoms with E-state index in [4.69, 9.17) is 4.74 Å². The minimum atomic E-state index is -0.203. The number of aromatic nitrogens is 1. The molecule has 0 radical (unpaired) electrons. The molecule has 132 valence electrons. The van der Waals surface area contributed by atoms with Crippen molar-refractivity contribution in [3.8, 4) is 0 Å². The van der Waals surface area contributed by atoms with Crippen molar-refractivity contribution in [1.29, 1.82) is 0 Å². The molecule has 1 aromatic rings. The molecule has 2 aliphatic heterocycles. The fraction of sp³-hybridized carbons (Fsp3) is 0.684. The predicted octanol–water partition coefficient (Wildman–Crippen LogP) is 2.24. The monoisotopic (exact) mass is 331 g/mol. The number of ether oxygens (including phenoxy) is 1. The average molecular weight is 331 g/mol. The van der Waals surface area contributed by atoms with Crippen molar-refractivity contribution in [2.75, 3.05) is 32.8 Å². The molecule has 0 unspecified atom stereocenters. The van der Waals surface area contributed by atoms with Crippen LogP contribution in [0.25, 0.3) is 0 Å². The van der Waals surface area contributed by atoms with Crippen LogP contribution >= 0.6 is 0 Å². The first-order valence-electron chi connectivity index (χ1n) is 9.05. The van der Waals surface area contributed by atoms with Gasteiger partial charge in [0, 0.05) is 37.8 Å². The van der Waals surface area contributed by atoms with E-state index in [1.54, 1.807) is 0 Å². The molecule has 2 saturated heterocycles. The van der Waals surface area contributed by atoms with Gasteiger partial charge in [0.15, 0.2) is 0 Å². The van der Waals surface area contributed by atoms with Crippen molar-refractivity contribution in [1.82, 2.24) is 14.8 Å². The van der Waals surface area contributed by atoms with Gasteiger partial charge in [-0.1, -0.05) is 19.9 Å². The zero-order chi connectivity index (χ0) is 17.2. The number of piperidine rings is 1. The number of amides is 1. The lowest BCUT2D eigenvalue weighted by Crippen LogP contribution is -2.60. The van der Waals surface area contributed by atoms with Gasteiger partial charge in [0.2, 0.25) is 5.91 Å². The first kappa shape index (κ1) is 17.4. The molecule has 1 spiro atoms. The Labute approximate surface area is 145 Å². The van der Waals surface area contributed by atoms with E-state index in [1.807, 2.05) is 31.7 Å². The smallest absolute Gasteiger partial charge is 0.225 e. The van der Waals surface area contributed by atoms with E-state index in [2.05, 4.69) is 22.0 Å². The number of pyridine rings is 1. The van der Waals surface area contributed by atoms with Gasteiger partial charge in [0.25, 0.3) is 0 Å². The van der Waals surface area contributed by atoms with Crippen molar-refractivity contribution in [3.05, 3.63) is 29.6 Å². The summed E-state index contributed by atoms with van der Waals surface area (Å²) < 4.78 is 6.20. The lowest BCUT2D eigenvalue weighted by atomic mass is 9.90. The highest BCUT2D eigenvalue weighted by atomic mass is 16.5. The minimum Gasteiger partial charge on any atom is -0.370 e. The molecular weight excluding hydrogens is 302 g/mol. The number of aryl methyl sites for hydroxylation is 1. The molecule has 1 atom stereocenters. The Bertz CT molecular complexity index is 586. The van der Waals surface area contributed by atoms with Crippen LogP contribution < -0.4 is 0 Å². The van der Waals surface area contributed by atoms with Gasteiger partial charge in [0.05, 0.1) is 24.4 Å². The van der Waals surface area contributed by atoms with Gasteiger partial charge in [-0.2, -0.15) is 0 Å². The molecule has 5 heteroatoms. The third-order valence-electron chi connectivity index (χ3n) is 5.00. The summed E-state index contributed by atoms with van der Waals surface area (Å²) in [6.45, 7) is 11.0. The van der Waals surface area contributed by atoms with Crippen LogP contribution in [-0.4, -0.2) is 59.1 Å². The molecule has 0 bridgehead atoms. The Morgan fingerprint density at radius 2 is 2.17 bits per heavy atom. The number of carbonyl (C=O) groups excluding carboxylic acids is 1. The summed E-state index contributed by atoms with van der Waals surface area (Å²) in [6.07, 6.45) is 2.06. The summed E-state index contributed by atoms with van der Waals surface area (Å²) in [5.74, 6) is 0.298. The van der Waals surface area contributed by atoms with E-state index in [0.717, 1.165) is 63.6 Å². The fourth-order valence-corrected chi connectivity index (χ4v) is 3.87. The van der Waals surface area contributed by atoms with Crippen molar-refractivity contribution in [3.63, 3.8) is 0 Å². The Balaban J connectivity index is 1.66. The normalized spacial score (nSPS) is 25.4. The summed E-state index contributed by atoms with van der Waals surface area (Å²) in [7, 11) is 0. The van der Waals surface area contributed by atoms with Gasteiger partial charge in [-0.05, 0) is 31.9 Å². The van der Waals surface area contributed by atoms with Crippen molar-refractivity contribution in [2.45, 2.75) is 45.8 Å². The molecule has 2 fully saturated rings. The molecule has 24 heavy (non-hydrogen) atoms.